The van der Waals surface area contributed by atoms with Crippen LogP contribution in [0.2, 0.25) is 6.43 Å². The summed E-state index contributed by atoms with van der Waals surface area (Å²) in [7, 11) is 0. The van der Waals surface area contributed by atoms with Gasteiger partial charge in [-0.25, -0.2) is 13.6 Å². The van der Waals surface area contributed by atoms with E-state index in [4.69, 9.17) is 31.5 Å². The summed E-state index contributed by atoms with van der Waals surface area (Å²) in [6.45, 7) is -8.23. The number of ether oxygens (including phenoxy) is 1. The Morgan fingerprint density at radius 3 is 2.43 bits per heavy atom. The number of benzene rings is 2. The zero-order valence-corrected chi connectivity index (χ0v) is 20.4. The summed E-state index contributed by atoms with van der Waals surface area (Å²) in [5.74, 6) is -6.86. The second-order valence-corrected chi connectivity index (χ2v) is 9.13. The molecule has 2 aliphatic rings. The summed E-state index contributed by atoms with van der Waals surface area (Å²) < 4.78 is 129. The summed E-state index contributed by atoms with van der Waals surface area (Å²) in [4.78, 5) is 44.0. The van der Waals surface area contributed by atoms with Crippen molar-refractivity contribution in [1.29, 1.82) is 0 Å². The number of likely N-dealkylation sites (tertiary alicyclic amines) is 1. The predicted octanol–water partition coefficient (Wildman–Crippen LogP) is 4.62. The van der Waals surface area contributed by atoms with Crippen molar-refractivity contribution in [3.8, 4) is 0 Å². The Morgan fingerprint density at radius 2 is 1.84 bits per heavy atom. The van der Waals surface area contributed by atoms with E-state index in [2.05, 4.69) is 4.99 Å². The van der Waals surface area contributed by atoms with E-state index in [-0.39, 0.29) is 15.9 Å². The molecule has 37 heavy (non-hydrogen) atoms. The van der Waals surface area contributed by atoms with E-state index < -0.39 is 94.2 Å². The smallest absolute Gasteiger partial charge is 0.410 e. The first-order valence-corrected chi connectivity index (χ1v) is 11.0. The number of carbonyl (C=O) groups is 3. The molecular weight excluding hydrogens is 506 g/mol. The highest BCUT2D eigenvalue weighted by Gasteiger charge is 2.50. The Labute approximate surface area is 233 Å². The Hall–Kier alpha value is -3.53. The van der Waals surface area contributed by atoms with Crippen LogP contribution in [0.1, 0.15) is 52.8 Å². The van der Waals surface area contributed by atoms with Crippen molar-refractivity contribution in [1.82, 2.24) is 9.80 Å². The fourth-order valence-electron chi connectivity index (χ4n) is 3.13. The molecule has 2 aromatic carbocycles. The molecule has 1 saturated heterocycles. The lowest BCUT2D eigenvalue weighted by Crippen LogP contribution is -2.56. The summed E-state index contributed by atoms with van der Waals surface area (Å²) in [6, 6.07) is 6.17. The normalized spacial score (nSPS) is 27.4. The largest absolute Gasteiger partial charge is 0.444 e. The summed E-state index contributed by atoms with van der Waals surface area (Å²) in [6.07, 6.45) is -10.1. The molecule has 11 heteroatoms. The molecule has 0 radical (unpaired) electrons. The second kappa shape index (κ2) is 10.1. The molecule has 3 amide bonds. The number of hydrogen-bond acceptors (Lipinski definition) is 5. The molecule has 0 atom stereocenters. The maximum absolute atomic E-state index is 14.2. The highest BCUT2D eigenvalue weighted by atomic mass is 35.5. The highest BCUT2D eigenvalue weighted by molar-refractivity contribution is 6.47. The molecular formula is C26H27ClF2N4O4. The third kappa shape index (κ3) is 5.90. The van der Waals surface area contributed by atoms with Crippen LogP contribution in [0.25, 0.3) is 0 Å². The molecule has 4 rings (SSSR count). The molecule has 0 unspecified atom stereocenters. The van der Waals surface area contributed by atoms with Gasteiger partial charge in [0.1, 0.15) is 23.5 Å². The van der Waals surface area contributed by atoms with E-state index in [9.17, 15) is 23.2 Å². The number of hydrogen-bond donors (Lipinski definition) is 1. The number of nitrogens with one attached hydrogen (secondary N) is 1. The molecule has 2 heterocycles. The van der Waals surface area contributed by atoms with Gasteiger partial charge in [-0.3, -0.25) is 14.6 Å². The minimum atomic E-state index is -4.14. The molecule has 2 aromatic rings. The molecule has 1 fully saturated rings. The quantitative estimate of drug-likeness (QED) is 0.609. The number of amides is 3. The number of piperidine rings is 1. The number of nitrogens with zero attached hydrogens (tertiary/aromatic N) is 3. The van der Waals surface area contributed by atoms with Gasteiger partial charge in [0, 0.05) is 59.0 Å². The first-order chi connectivity index (χ1) is 21.6. The average Bonchev–Trinajstić information content (AvgIpc) is 3.27. The van der Waals surface area contributed by atoms with E-state index >= 15 is 0 Å². The van der Waals surface area contributed by atoms with E-state index in [1.54, 1.807) is 0 Å². The molecule has 1 N–H and O–H groups in total. The molecule has 0 saturated carbocycles. The molecule has 0 aromatic heterocycles. The van der Waals surface area contributed by atoms with Gasteiger partial charge in [0.15, 0.2) is 13.0 Å². The van der Waals surface area contributed by atoms with Crippen molar-refractivity contribution in [3.63, 3.8) is 0 Å². The van der Waals surface area contributed by atoms with Crippen LogP contribution < -0.4 is 5.31 Å². The van der Waals surface area contributed by atoms with E-state index in [1.807, 2.05) is 0 Å². The number of halogens is 3. The van der Waals surface area contributed by atoms with Gasteiger partial charge < -0.3 is 19.8 Å². The zero-order valence-electron chi connectivity index (χ0n) is 30.6. The highest BCUT2D eigenvalue weighted by Crippen LogP contribution is 2.37. The van der Waals surface area contributed by atoms with Gasteiger partial charge >= 0.3 is 6.09 Å². The van der Waals surface area contributed by atoms with Gasteiger partial charge in [0.2, 0.25) is 5.91 Å². The van der Waals surface area contributed by atoms with Gasteiger partial charge in [-0.1, -0.05) is 23.7 Å². The van der Waals surface area contributed by atoms with Crippen molar-refractivity contribution < 1.29 is 43.0 Å². The lowest BCUT2D eigenvalue weighted by atomic mass is 9.96. The van der Waals surface area contributed by atoms with Crippen molar-refractivity contribution in [3.05, 3.63) is 64.7 Å². The molecule has 1 spiro atoms. The molecule has 0 aliphatic carbocycles. The van der Waals surface area contributed by atoms with Gasteiger partial charge in [0.05, 0.1) is 2.74 Å². The van der Waals surface area contributed by atoms with Crippen molar-refractivity contribution in [2.45, 2.75) is 44.8 Å². The minimum absolute atomic E-state index is 0.113. The number of carbonyl (C=O) groups excluding carboxylic acids is 3. The van der Waals surface area contributed by atoms with Crippen LogP contribution in [-0.4, -0.2) is 64.2 Å². The van der Waals surface area contributed by atoms with Gasteiger partial charge in [-0.2, -0.15) is 0 Å². The van der Waals surface area contributed by atoms with Crippen LogP contribution in [0.3, 0.4) is 0 Å². The van der Waals surface area contributed by atoms with Gasteiger partial charge in [0.25, 0.3) is 5.91 Å². The topological polar surface area (TPSA) is 91.3 Å². The van der Waals surface area contributed by atoms with Crippen LogP contribution in [-0.2, 0) is 14.3 Å². The fourth-order valence-corrected chi connectivity index (χ4v) is 3.25. The zero-order chi connectivity index (χ0) is 36.8. The number of aliphatic imine (C=N–C) groups is 1. The van der Waals surface area contributed by atoms with Crippen molar-refractivity contribution in [2.75, 3.05) is 24.8 Å². The van der Waals surface area contributed by atoms with Crippen LogP contribution in [0, 0.1) is 11.6 Å². The fraction of sp³-hybridized carbons (Fsp3) is 0.385. The van der Waals surface area contributed by atoms with Gasteiger partial charge in [-0.15, -0.1) is 0 Å². The Morgan fingerprint density at radius 1 is 1.19 bits per heavy atom. The summed E-state index contributed by atoms with van der Waals surface area (Å²) >= 11 is 5.93. The SMILES string of the molecule is [2H]N(C(=O)C([2H])([2H])N1C(=O)C(c2ccc(Cl)cc2)=NC12C([2H])([2H])C([2H])([2H])N(C(=O)OC(C)(C)C)C([2H])([2H])C2([2H])[2H])c1ccc(F)c(F)c1. The van der Waals surface area contributed by atoms with Gasteiger partial charge in [-0.05, 0) is 45.0 Å². The monoisotopic (exact) mass is 543 g/mol. The first-order valence-electron chi connectivity index (χ1n) is 16.1. The number of anilines is 1. The van der Waals surface area contributed by atoms with E-state index in [1.165, 1.54) is 32.9 Å². The Bertz CT molecular complexity index is 1690. The Kier molecular flexibility index (Phi) is 4.27. The minimum Gasteiger partial charge on any atom is -0.444 e. The maximum Gasteiger partial charge on any atom is 0.410 e. The molecule has 196 valence electrons. The first kappa shape index (κ1) is 15.7. The average molecular weight is 544 g/mol. The van der Waals surface area contributed by atoms with Crippen LogP contribution in [0.15, 0.2) is 47.5 Å². The molecule has 2 aliphatic heterocycles. The summed E-state index contributed by atoms with van der Waals surface area (Å²) in [5.41, 5.74) is -7.49. The van der Waals surface area contributed by atoms with Crippen LogP contribution in [0.5, 0.6) is 0 Å². The van der Waals surface area contributed by atoms with Crippen molar-refractivity contribution in [2.24, 2.45) is 4.99 Å². The lowest BCUT2D eigenvalue weighted by Gasteiger charge is -2.42. The number of rotatable bonds is 4. The summed E-state index contributed by atoms with van der Waals surface area (Å²) in [5, 5.41) is -0.226. The van der Waals surface area contributed by atoms with Crippen LogP contribution in [0.4, 0.5) is 19.3 Å². The molecule has 0 bridgehead atoms. The van der Waals surface area contributed by atoms with Crippen molar-refractivity contribution >= 4 is 40.9 Å². The standard InChI is InChI=1S/C26H27ClF2N4O4/c1-25(2,3)37-24(36)32-12-10-26(11-13-32)31-22(16-4-6-17(27)7-5-16)23(35)33(26)15-21(34)30-18-8-9-19(28)20(29)14-18/h4-9,14H,10-13,15H2,1-3H3,(H,30,34)/i10D2,11D2,12D2,13D2,15D2/hD. The third-order valence-corrected chi connectivity index (χ3v) is 4.97. The van der Waals surface area contributed by atoms with Crippen LogP contribution >= 0.6 is 11.6 Å². The van der Waals surface area contributed by atoms with E-state index in [0.29, 0.717) is 18.2 Å². The lowest BCUT2D eigenvalue weighted by molar-refractivity contribution is -0.134. The maximum atomic E-state index is 14.2. The Balaban J connectivity index is 2.06. The third-order valence-electron chi connectivity index (χ3n) is 4.72. The van der Waals surface area contributed by atoms with E-state index in [0.717, 1.165) is 12.1 Å². The predicted molar refractivity (Wildman–Crippen MR) is 134 cm³/mol. The second-order valence-electron chi connectivity index (χ2n) is 8.70. The molecule has 8 nitrogen and oxygen atoms in total.